The maximum Gasteiger partial charge on any atom is 0.408 e. The molecule has 208 valence electrons. The van der Waals surface area contributed by atoms with Gasteiger partial charge in [-0.3, -0.25) is 9.59 Å². The lowest BCUT2D eigenvalue weighted by Gasteiger charge is -2.43. The maximum atomic E-state index is 14.3. The Morgan fingerprint density at radius 3 is 2.16 bits per heavy atom. The van der Waals surface area contributed by atoms with Gasteiger partial charge in [0.1, 0.15) is 17.7 Å². The Balaban J connectivity index is 2.51. The zero-order chi connectivity index (χ0) is 28.0. The number of carbonyl (C=O) groups excluding carboxylic acids is 3. The molecule has 0 heterocycles. The second kappa shape index (κ2) is 12.8. The molecule has 0 radical (unpaired) electrons. The van der Waals surface area contributed by atoms with E-state index < -0.39 is 29.3 Å². The number of amides is 3. The Morgan fingerprint density at radius 2 is 1.65 bits per heavy atom. The molecule has 1 aromatic rings. The maximum absolute atomic E-state index is 14.3. The lowest BCUT2D eigenvalue weighted by atomic mass is 9.91. The molecule has 0 spiro atoms. The number of nitrogens with zero attached hydrogens (tertiary/aromatic N) is 1. The SMILES string of the molecule is Cc1cccc(C(C(=O)NC2CCCCC2)N(C(=O)C(CC(C)C)NC(=O)OC(C)(C)C)C(C)(C)C)c1. The number of rotatable bonds is 8. The molecule has 2 N–H and O–H groups in total. The van der Waals surface area contributed by atoms with E-state index in [9.17, 15) is 14.4 Å². The van der Waals surface area contributed by atoms with Crippen molar-refractivity contribution in [2.45, 2.75) is 130 Å². The molecule has 1 aliphatic carbocycles. The fourth-order valence-corrected chi connectivity index (χ4v) is 4.94. The van der Waals surface area contributed by atoms with Gasteiger partial charge in [-0.05, 0) is 79.2 Å². The van der Waals surface area contributed by atoms with Gasteiger partial charge in [0.05, 0.1) is 0 Å². The van der Waals surface area contributed by atoms with Crippen LogP contribution < -0.4 is 10.6 Å². The molecule has 7 nitrogen and oxygen atoms in total. The van der Waals surface area contributed by atoms with Crippen LogP contribution in [0.5, 0.6) is 0 Å². The quantitative estimate of drug-likeness (QED) is 0.441. The molecule has 0 aromatic heterocycles. The molecular weight excluding hydrogens is 466 g/mol. The number of alkyl carbamates (subject to hydrolysis) is 1. The van der Waals surface area contributed by atoms with Crippen LogP contribution in [0.2, 0.25) is 0 Å². The second-order valence-electron chi connectivity index (χ2n) is 12.9. The molecule has 0 aliphatic heterocycles. The first-order chi connectivity index (χ1) is 17.1. The Hall–Kier alpha value is -2.57. The minimum Gasteiger partial charge on any atom is -0.444 e. The van der Waals surface area contributed by atoms with Crippen molar-refractivity contribution in [1.82, 2.24) is 15.5 Å². The summed E-state index contributed by atoms with van der Waals surface area (Å²) in [6.07, 6.45) is 5.07. The fraction of sp³-hybridized carbons (Fsp3) is 0.700. The van der Waals surface area contributed by atoms with Crippen molar-refractivity contribution in [3.63, 3.8) is 0 Å². The third kappa shape index (κ3) is 9.67. The van der Waals surface area contributed by atoms with Gasteiger partial charge < -0.3 is 20.3 Å². The van der Waals surface area contributed by atoms with Crippen LogP contribution in [-0.4, -0.2) is 46.0 Å². The van der Waals surface area contributed by atoms with Gasteiger partial charge in [0.15, 0.2) is 0 Å². The van der Waals surface area contributed by atoms with Crippen LogP contribution in [0.1, 0.15) is 111 Å². The standard InChI is InChI=1S/C30H49N3O4/c1-20(2)18-24(32-28(36)37-30(7,8)9)27(35)33(29(4,5)6)25(22-15-13-14-21(3)19-22)26(34)31-23-16-11-10-12-17-23/h13-15,19-20,23-25H,10-12,16-18H2,1-9H3,(H,31,34)(H,32,36). The van der Waals surface area contributed by atoms with Crippen LogP contribution in [0.15, 0.2) is 24.3 Å². The number of nitrogens with one attached hydrogen (secondary N) is 2. The summed E-state index contributed by atoms with van der Waals surface area (Å²) in [5.74, 6) is -0.335. The number of aryl methyl sites for hydroxylation is 1. The highest BCUT2D eigenvalue weighted by molar-refractivity contribution is 5.92. The fourth-order valence-electron chi connectivity index (χ4n) is 4.94. The first kappa shape index (κ1) is 30.7. The summed E-state index contributed by atoms with van der Waals surface area (Å²) in [7, 11) is 0. The first-order valence-corrected chi connectivity index (χ1v) is 13.8. The average Bonchev–Trinajstić information content (AvgIpc) is 2.74. The predicted molar refractivity (Wildman–Crippen MR) is 148 cm³/mol. The van der Waals surface area contributed by atoms with Crippen LogP contribution in [0, 0.1) is 12.8 Å². The lowest BCUT2D eigenvalue weighted by Crippen LogP contribution is -2.59. The highest BCUT2D eigenvalue weighted by Crippen LogP contribution is 2.32. The van der Waals surface area contributed by atoms with E-state index in [2.05, 4.69) is 10.6 Å². The number of ether oxygens (including phenoxy) is 1. The Kier molecular flexibility index (Phi) is 10.6. The van der Waals surface area contributed by atoms with Crippen LogP contribution in [0.25, 0.3) is 0 Å². The monoisotopic (exact) mass is 515 g/mol. The Labute approximate surface area is 224 Å². The van der Waals surface area contributed by atoms with Crippen molar-refractivity contribution in [2.24, 2.45) is 5.92 Å². The van der Waals surface area contributed by atoms with E-state index in [-0.39, 0.29) is 23.8 Å². The molecule has 1 saturated carbocycles. The van der Waals surface area contributed by atoms with Crippen molar-refractivity contribution in [1.29, 1.82) is 0 Å². The summed E-state index contributed by atoms with van der Waals surface area (Å²) in [6.45, 7) is 17.2. The summed E-state index contributed by atoms with van der Waals surface area (Å²) in [5, 5.41) is 6.06. The molecule has 1 aromatic carbocycles. The molecule has 0 bridgehead atoms. The smallest absolute Gasteiger partial charge is 0.408 e. The van der Waals surface area contributed by atoms with E-state index in [0.717, 1.165) is 36.8 Å². The normalized spacial score (nSPS) is 16.6. The van der Waals surface area contributed by atoms with Gasteiger partial charge in [-0.2, -0.15) is 0 Å². The third-order valence-electron chi connectivity index (χ3n) is 6.47. The number of carbonyl (C=O) groups is 3. The summed E-state index contributed by atoms with van der Waals surface area (Å²) in [4.78, 5) is 42.6. The molecule has 1 fully saturated rings. The molecule has 2 rings (SSSR count). The van der Waals surface area contributed by atoms with Gasteiger partial charge in [0.2, 0.25) is 11.8 Å². The first-order valence-electron chi connectivity index (χ1n) is 13.8. The largest absolute Gasteiger partial charge is 0.444 e. The Bertz CT molecular complexity index is 923. The predicted octanol–water partition coefficient (Wildman–Crippen LogP) is 6.05. The van der Waals surface area contributed by atoms with Crippen LogP contribution >= 0.6 is 0 Å². The zero-order valence-corrected chi connectivity index (χ0v) is 24.4. The van der Waals surface area contributed by atoms with Crippen molar-refractivity contribution in [3.8, 4) is 0 Å². The van der Waals surface area contributed by atoms with Crippen molar-refractivity contribution < 1.29 is 19.1 Å². The van der Waals surface area contributed by atoms with E-state index >= 15 is 0 Å². The average molecular weight is 516 g/mol. The topological polar surface area (TPSA) is 87.7 Å². The number of benzene rings is 1. The van der Waals surface area contributed by atoms with Gasteiger partial charge in [0.25, 0.3) is 0 Å². The molecule has 0 saturated heterocycles. The molecule has 2 atom stereocenters. The van der Waals surface area contributed by atoms with Gasteiger partial charge in [-0.25, -0.2) is 4.79 Å². The highest BCUT2D eigenvalue weighted by atomic mass is 16.6. The molecule has 2 unspecified atom stereocenters. The van der Waals surface area contributed by atoms with Crippen molar-refractivity contribution in [2.75, 3.05) is 0 Å². The van der Waals surface area contributed by atoms with Gasteiger partial charge >= 0.3 is 6.09 Å². The zero-order valence-electron chi connectivity index (χ0n) is 24.4. The summed E-state index contributed by atoms with van der Waals surface area (Å²) < 4.78 is 5.47. The minimum atomic E-state index is -0.830. The summed E-state index contributed by atoms with van der Waals surface area (Å²) in [5.41, 5.74) is 0.390. The lowest BCUT2D eigenvalue weighted by molar-refractivity contribution is -0.149. The van der Waals surface area contributed by atoms with Gasteiger partial charge in [0, 0.05) is 11.6 Å². The van der Waals surface area contributed by atoms with E-state index in [1.807, 2.05) is 65.8 Å². The molecule has 7 heteroatoms. The van der Waals surface area contributed by atoms with Crippen LogP contribution in [0.4, 0.5) is 4.79 Å². The highest BCUT2D eigenvalue weighted by Gasteiger charge is 2.42. The van der Waals surface area contributed by atoms with E-state index in [0.29, 0.717) is 6.42 Å². The minimum absolute atomic E-state index is 0.108. The second-order valence-corrected chi connectivity index (χ2v) is 12.9. The molecule has 37 heavy (non-hydrogen) atoms. The molecular formula is C30H49N3O4. The third-order valence-corrected chi connectivity index (χ3v) is 6.47. The van der Waals surface area contributed by atoms with E-state index in [1.54, 1.807) is 25.7 Å². The van der Waals surface area contributed by atoms with Crippen LogP contribution in [-0.2, 0) is 14.3 Å². The molecule has 1 aliphatic rings. The van der Waals surface area contributed by atoms with Gasteiger partial charge in [-0.15, -0.1) is 0 Å². The summed E-state index contributed by atoms with van der Waals surface area (Å²) >= 11 is 0. The van der Waals surface area contributed by atoms with E-state index in [4.69, 9.17) is 4.74 Å². The number of hydrogen-bond acceptors (Lipinski definition) is 4. The van der Waals surface area contributed by atoms with Crippen LogP contribution in [0.3, 0.4) is 0 Å². The van der Waals surface area contributed by atoms with Crippen molar-refractivity contribution >= 4 is 17.9 Å². The number of hydrogen-bond donors (Lipinski definition) is 2. The van der Waals surface area contributed by atoms with Crippen molar-refractivity contribution in [3.05, 3.63) is 35.4 Å². The molecule has 3 amide bonds. The Morgan fingerprint density at radius 1 is 1.03 bits per heavy atom. The van der Waals surface area contributed by atoms with Gasteiger partial charge in [-0.1, -0.05) is 62.9 Å². The summed E-state index contributed by atoms with van der Waals surface area (Å²) in [6, 6.07) is 6.22. The van der Waals surface area contributed by atoms with E-state index in [1.165, 1.54) is 6.42 Å².